The minimum Gasteiger partial charge on any atom is -0.355 e. The van der Waals surface area contributed by atoms with Gasteiger partial charge in [0.2, 0.25) is 0 Å². The van der Waals surface area contributed by atoms with Crippen LogP contribution in [0.4, 0.5) is 13.2 Å². The third kappa shape index (κ3) is 6.05. The normalized spacial score (nSPS) is 18.7. The summed E-state index contributed by atoms with van der Waals surface area (Å²) in [5.41, 5.74) is -0.752. The van der Waals surface area contributed by atoms with Crippen LogP contribution in [0, 0.1) is 0 Å². The van der Waals surface area contributed by atoms with E-state index in [4.69, 9.17) is 0 Å². The second-order valence-corrected chi connectivity index (χ2v) is 6.52. The lowest BCUT2D eigenvalue weighted by atomic mass is 10.2. The molecule has 10 heteroatoms. The van der Waals surface area contributed by atoms with Gasteiger partial charge in [-0.1, -0.05) is 0 Å². The molecule has 0 bridgehead atoms. The first-order chi connectivity index (χ1) is 10.4. The molecule has 0 spiro atoms. The third-order valence-corrected chi connectivity index (χ3v) is 4.76. The molecule has 1 saturated heterocycles. The van der Waals surface area contributed by atoms with Crippen LogP contribution >= 0.6 is 35.7 Å². The highest BCUT2D eigenvalue weighted by Crippen LogP contribution is 2.30. The summed E-state index contributed by atoms with van der Waals surface area (Å²) in [6.07, 6.45) is -0.700. The van der Waals surface area contributed by atoms with E-state index in [9.17, 15) is 13.2 Å². The van der Waals surface area contributed by atoms with E-state index in [-0.39, 0.29) is 36.1 Å². The lowest BCUT2D eigenvalue weighted by molar-refractivity contribution is -0.142. The standard InChI is InChI=1S/C13H20F3N5S.HI/c1-17-12(19-7-10-4-3-5-22-10)18-6-9-8-21(2)20-11(9)13(14,15)16;/h8,10H,3-7H2,1-2H3,(H2,17,18,19);1H. The highest BCUT2D eigenvalue weighted by atomic mass is 127. The zero-order valence-electron chi connectivity index (χ0n) is 13.0. The van der Waals surface area contributed by atoms with Crippen LogP contribution in [0.1, 0.15) is 24.1 Å². The van der Waals surface area contributed by atoms with Gasteiger partial charge in [-0.25, -0.2) is 0 Å². The lowest BCUT2D eigenvalue weighted by Gasteiger charge is -2.15. The first kappa shape index (κ1) is 20.4. The van der Waals surface area contributed by atoms with E-state index in [1.54, 1.807) is 7.05 Å². The maximum absolute atomic E-state index is 12.9. The lowest BCUT2D eigenvalue weighted by Crippen LogP contribution is -2.39. The van der Waals surface area contributed by atoms with Crippen molar-refractivity contribution >= 4 is 41.7 Å². The molecule has 0 aliphatic carbocycles. The summed E-state index contributed by atoms with van der Waals surface area (Å²) in [6, 6.07) is 0. The van der Waals surface area contributed by atoms with Crippen LogP contribution in [-0.2, 0) is 19.8 Å². The Morgan fingerprint density at radius 1 is 1.48 bits per heavy atom. The number of thioether (sulfide) groups is 1. The first-order valence-electron chi connectivity index (χ1n) is 7.06. The van der Waals surface area contributed by atoms with E-state index in [0.717, 1.165) is 13.0 Å². The van der Waals surface area contributed by atoms with Crippen molar-refractivity contribution in [2.75, 3.05) is 19.3 Å². The minimum absolute atomic E-state index is 0. The van der Waals surface area contributed by atoms with Crippen molar-refractivity contribution in [1.82, 2.24) is 20.4 Å². The van der Waals surface area contributed by atoms with E-state index >= 15 is 0 Å². The molecule has 2 rings (SSSR count). The van der Waals surface area contributed by atoms with E-state index in [0.29, 0.717) is 11.2 Å². The van der Waals surface area contributed by atoms with Gasteiger partial charge in [0.1, 0.15) is 0 Å². The number of aliphatic imine (C=N–C) groups is 1. The summed E-state index contributed by atoms with van der Waals surface area (Å²) in [4.78, 5) is 4.04. The van der Waals surface area contributed by atoms with Gasteiger partial charge in [0, 0.05) is 44.2 Å². The molecular weight excluding hydrogens is 442 g/mol. The average molecular weight is 463 g/mol. The molecule has 132 valence electrons. The zero-order valence-corrected chi connectivity index (χ0v) is 16.1. The summed E-state index contributed by atoms with van der Waals surface area (Å²) >= 11 is 1.91. The second-order valence-electron chi connectivity index (χ2n) is 5.12. The number of aromatic nitrogens is 2. The fourth-order valence-corrected chi connectivity index (χ4v) is 3.52. The fourth-order valence-electron chi connectivity index (χ4n) is 2.32. The van der Waals surface area contributed by atoms with Crippen LogP contribution in [0.3, 0.4) is 0 Å². The molecule has 1 fully saturated rings. The van der Waals surface area contributed by atoms with Crippen molar-refractivity contribution in [3.05, 3.63) is 17.5 Å². The first-order valence-corrected chi connectivity index (χ1v) is 8.11. The average Bonchev–Trinajstić information content (AvgIpc) is 3.07. The molecule has 5 nitrogen and oxygen atoms in total. The highest BCUT2D eigenvalue weighted by Gasteiger charge is 2.36. The Balaban J connectivity index is 0.00000264. The Hall–Kier alpha value is -0.650. The van der Waals surface area contributed by atoms with Gasteiger partial charge in [-0.2, -0.15) is 30.0 Å². The number of hydrogen-bond donors (Lipinski definition) is 2. The van der Waals surface area contributed by atoms with E-state index in [1.165, 1.54) is 30.1 Å². The van der Waals surface area contributed by atoms with Crippen molar-refractivity contribution in [1.29, 1.82) is 0 Å². The number of aryl methyl sites for hydroxylation is 1. The van der Waals surface area contributed by atoms with Crippen molar-refractivity contribution in [3.63, 3.8) is 0 Å². The van der Waals surface area contributed by atoms with Gasteiger partial charge in [0.05, 0.1) is 0 Å². The summed E-state index contributed by atoms with van der Waals surface area (Å²) in [5, 5.41) is 10.1. The van der Waals surface area contributed by atoms with Crippen LogP contribution in [0.15, 0.2) is 11.2 Å². The summed E-state index contributed by atoms with van der Waals surface area (Å²) in [5.74, 6) is 1.67. The number of alkyl halides is 3. The highest BCUT2D eigenvalue weighted by molar-refractivity contribution is 14.0. The molecule has 23 heavy (non-hydrogen) atoms. The quantitative estimate of drug-likeness (QED) is 0.410. The van der Waals surface area contributed by atoms with Crippen molar-refractivity contribution in [2.24, 2.45) is 12.0 Å². The Kier molecular flexibility index (Phi) is 7.98. The summed E-state index contributed by atoms with van der Waals surface area (Å²) in [6.45, 7) is 0.795. The van der Waals surface area contributed by atoms with Crippen LogP contribution in [0.2, 0.25) is 0 Å². The Bertz CT molecular complexity index is 526. The maximum Gasteiger partial charge on any atom is 0.435 e. The van der Waals surface area contributed by atoms with Gasteiger partial charge in [-0.15, -0.1) is 24.0 Å². The molecule has 0 aromatic carbocycles. The van der Waals surface area contributed by atoms with Crippen molar-refractivity contribution in [3.8, 4) is 0 Å². The third-order valence-electron chi connectivity index (χ3n) is 3.36. The summed E-state index contributed by atoms with van der Waals surface area (Å²) in [7, 11) is 3.08. The molecule has 1 aromatic heterocycles. The van der Waals surface area contributed by atoms with E-state index < -0.39 is 11.9 Å². The van der Waals surface area contributed by atoms with Crippen LogP contribution in [-0.4, -0.2) is 40.3 Å². The molecule has 1 aliphatic rings. The molecule has 1 aliphatic heterocycles. The topological polar surface area (TPSA) is 54.2 Å². The summed E-state index contributed by atoms with van der Waals surface area (Å²) < 4.78 is 39.8. The molecule has 0 amide bonds. The van der Waals surface area contributed by atoms with Crippen molar-refractivity contribution in [2.45, 2.75) is 30.8 Å². The van der Waals surface area contributed by atoms with Gasteiger partial charge < -0.3 is 10.6 Å². The number of halogens is 4. The molecule has 2 N–H and O–H groups in total. The SMILES string of the molecule is CN=C(NCc1cn(C)nc1C(F)(F)F)NCC1CCCS1.I. The number of nitrogens with zero attached hydrogens (tertiary/aromatic N) is 3. The number of guanidine groups is 1. The molecule has 0 radical (unpaired) electrons. The number of hydrogen-bond acceptors (Lipinski definition) is 3. The smallest absolute Gasteiger partial charge is 0.355 e. The largest absolute Gasteiger partial charge is 0.435 e. The number of nitrogens with one attached hydrogen (secondary N) is 2. The van der Waals surface area contributed by atoms with Crippen LogP contribution in [0.25, 0.3) is 0 Å². The zero-order chi connectivity index (χ0) is 16.2. The maximum atomic E-state index is 12.9. The predicted octanol–water partition coefficient (Wildman–Crippen LogP) is 2.62. The van der Waals surface area contributed by atoms with Gasteiger partial charge in [-0.05, 0) is 18.6 Å². The van der Waals surface area contributed by atoms with E-state index in [1.807, 2.05) is 11.8 Å². The van der Waals surface area contributed by atoms with Crippen LogP contribution in [0.5, 0.6) is 0 Å². The predicted molar refractivity (Wildman–Crippen MR) is 97.3 cm³/mol. The molecular formula is C13H21F3IN5S. The fraction of sp³-hybridized carbons (Fsp3) is 0.692. The molecule has 1 atom stereocenters. The van der Waals surface area contributed by atoms with Gasteiger partial charge in [0.25, 0.3) is 0 Å². The second kappa shape index (κ2) is 9.00. The molecule has 0 saturated carbocycles. The Morgan fingerprint density at radius 2 is 2.22 bits per heavy atom. The Morgan fingerprint density at radius 3 is 2.78 bits per heavy atom. The van der Waals surface area contributed by atoms with Gasteiger partial charge in [-0.3, -0.25) is 9.67 Å². The Labute approximate surface area is 154 Å². The molecule has 2 heterocycles. The molecule has 1 aromatic rings. The van der Waals surface area contributed by atoms with Crippen molar-refractivity contribution < 1.29 is 13.2 Å². The van der Waals surface area contributed by atoms with Gasteiger partial charge >= 0.3 is 6.18 Å². The molecule has 1 unspecified atom stereocenters. The minimum atomic E-state index is -4.45. The van der Waals surface area contributed by atoms with Gasteiger partial charge in [0.15, 0.2) is 11.7 Å². The number of rotatable bonds is 4. The monoisotopic (exact) mass is 463 g/mol. The van der Waals surface area contributed by atoms with Crippen LogP contribution < -0.4 is 10.6 Å². The van der Waals surface area contributed by atoms with E-state index in [2.05, 4.69) is 20.7 Å².